The zero-order valence-corrected chi connectivity index (χ0v) is 24.0. The van der Waals surface area contributed by atoms with Crippen LogP contribution in [0.1, 0.15) is 17.2 Å². The average Bonchev–Trinajstić information content (AvgIpc) is 3.08. The maximum absolute atomic E-state index is 9.55. The van der Waals surface area contributed by atoms with Crippen LogP contribution in [0.2, 0.25) is 5.02 Å². The van der Waals surface area contributed by atoms with Gasteiger partial charge in [-0.25, -0.2) is 19.2 Å². The molecule has 4 N–H and O–H groups in total. The fraction of sp³-hybridized carbons (Fsp3) is 0.286. The molecule has 0 saturated carbocycles. The first-order valence-corrected chi connectivity index (χ1v) is 13.4. The lowest BCUT2D eigenvalue weighted by Gasteiger charge is -2.38. The number of hydrogen-bond acceptors (Lipinski definition) is 8. The summed E-state index contributed by atoms with van der Waals surface area (Å²) in [5, 5.41) is 31.9. The molecule has 2 aliphatic rings. The lowest BCUT2D eigenvalue weighted by Crippen LogP contribution is -2.46. The predicted octanol–water partition coefficient (Wildman–Crippen LogP) is 3.77. The van der Waals surface area contributed by atoms with E-state index in [1.165, 1.54) is 20.9 Å². The van der Waals surface area contributed by atoms with Gasteiger partial charge in [-0.15, -0.1) is 0 Å². The number of methoxy groups -OCH3 is 1. The van der Waals surface area contributed by atoms with Crippen LogP contribution in [-0.2, 0) is 25.6 Å². The molecule has 1 saturated heterocycles. The van der Waals surface area contributed by atoms with Crippen molar-refractivity contribution >= 4 is 47.2 Å². The van der Waals surface area contributed by atoms with Crippen LogP contribution in [0.25, 0.3) is 0 Å². The van der Waals surface area contributed by atoms with Crippen molar-refractivity contribution in [3.63, 3.8) is 0 Å². The van der Waals surface area contributed by atoms with E-state index in [0.717, 1.165) is 38.3 Å². The number of ether oxygens (including phenoxy) is 1. The van der Waals surface area contributed by atoms with Crippen molar-refractivity contribution < 1.29 is 44.3 Å². The molecular formula is C28H31ClN2O9S. The van der Waals surface area contributed by atoms with Crippen LogP contribution in [0.15, 0.2) is 70.5 Å². The topological polar surface area (TPSA) is 165 Å². The van der Waals surface area contributed by atoms with E-state index in [1.54, 1.807) is 7.11 Å². The highest BCUT2D eigenvalue weighted by Crippen LogP contribution is 2.46. The Morgan fingerprint density at radius 3 is 1.85 bits per heavy atom. The third kappa shape index (κ3) is 11.3. The first-order valence-electron chi connectivity index (χ1n) is 12.2. The van der Waals surface area contributed by atoms with Gasteiger partial charge in [-0.05, 0) is 42.8 Å². The third-order valence-corrected chi connectivity index (χ3v) is 7.45. The van der Waals surface area contributed by atoms with Crippen LogP contribution in [0.4, 0.5) is 0 Å². The minimum Gasteiger partial charge on any atom is -0.495 e. The molecule has 0 spiro atoms. The average molecular weight is 607 g/mol. The van der Waals surface area contributed by atoms with Gasteiger partial charge < -0.3 is 30.1 Å². The molecule has 220 valence electrons. The smallest absolute Gasteiger partial charge is 0.328 e. The van der Waals surface area contributed by atoms with Gasteiger partial charge in [0, 0.05) is 66.3 Å². The van der Waals surface area contributed by atoms with Crippen molar-refractivity contribution in [2.45, 2.75) is 22.3 Å². The maximum Gasteiger partial charge on any atom is 0.328 e. The number of piperazine rings is 1. The molecule has 1 atom stereocenters. The molecule has 1 fully saturated rings. The molecular weight excluding hydrogens is 576 g/mol. The highest BCUT2D eigenvalue weighted by atomic mass is 35.5. The molecule has 2 aromatic rings. The minimum atomic E-state index is -1.26. The van der Waals surface area contributed by atoms with Crippen molar-refractivity contribution in [3.05, 3.63) is 76.9 Å². The lowest BCUT2D eigenvalue weighted by molar-refractivity contribution is -0.134. The monoisotopic (exact) mass is 606 g/mol. The zero-order chi connectivity index (χ0) is 30.5. The molecule has 2 aromatic carbocycles. The van der Waals surface area contributed by atoms with Crippen LogP contribution in [0, 0.1) is 0 Å². The number of likely N-dealkylation sites (N-methyl/N-ethyl adjacent to an activating group) is 1. The molecule has 11 nitrogen and oxygen atoms in total. The van der Waals surface area contributed by atoms with Gasteiger partial charge >= 0.3 is 23.9 Å². The second-order valence-electron chi connectivity index (χ2n) is 8.81. The Labute approximate surface area is 246 Å². The van der Waals surface area contributed by atoms with Gasteiger partial charge in [0.25, 0.3) is 0 Å². The van der Waals surface area contributed by atoms with E-state index >= 15 is 0 Å². The standard InChI is InChI=1S/C20H23ClN2OS.2C4H4O4/c1-22-7-9-23(10-8-22)17-11-14-5-3-4-6-19(14)25-20-13-18(24-2)16(21)12-15(17)20;2*5-3(6)1-2-4(7)8/h3-6,12-13,17H,7-11H2,1-2H3;2*1-2H,(H,5,6)(H,7,8)/b;2*2-1+. The van der Waals surface area contributed by atoms with Crippen molar-refractivity contribution in [2.75, 3.05) is 40.3 Å². The van der Waals surface area contributed by atoms with Gasteiger partial charge in [0.05, 0.1) is 12.1 Å². The van der Waals surface area contributed by atoms with Gasteiger partial charge in [-0.1, -0.05) is 41.6 Å². The quantitative estimate of drug-likeness (QED) is 0.352. The minimum absolute atomic E-state index is 0.364. The molecule has 13 heteroatoms. The van der Waals surface area contributed by atoms with Gasteiger partial charge in [0.15, 0.2) is 0 Å². The number of fused-ring (bicyclic) bond motifs is 2. The Balaban J connectivity index is 0.000000304. The van der Waals surface area contributed by atoms with E-state index in [-0.39, 0.29) is 0 Å². The van der Waals surface area contributed by atoms with Gasteiger partial charge in [0.2, 0.25) is 0 Å². The van der Waals surface area contributed by atoms with Crippen LogP contribution in [0.3, 0.4) is 0 Å². The first-order chi connectivity index (χ1) is 19.4. The zero-order valence-electron chi connectivity index (χ0n) is 22.4. The fourth-order valence-electron chi connectivity index (χ4n) is 4.01. The first kappa shape index (κ1) is 33.4. The Kier molecular flexibility index (Phi) is 13.4. The fourth-order valence-corrected chi connectivity index (χ4v) is 5.40. The van der Waals surface area contributed by atoms with Crippen LogP contribution in [0.5, 0.6) is 5.75 Å². The molecule has 0 bridgehead atoms. The van der Waals surface area contributed by atoms with E-state index in [4.69, 9.17) is 36.8 Å². The van der Waals surface area contributed by atoms with E-state index in [2.05, 4.69) is 53.2 Å². The Hall–Kier alpha value is -3.84. The molecule has 0 radical (unpaired) electrons. The molecule has 41 heavy (non-hydrogen) atoms. The number of carboxylic acids is 4. The number of carbonyl (C=O) groups is 4. The second kappa shape index (κ2) is 16.4. The highest BCUT2D eigenvalue weighted by molar-refractivity contribution is 7.99. The summed E-state index contributed by atoms with van der Waals surface area (Å²) in [4.78, 5) is 45.8. The molecule has 4 rings (SSSR count). The van der Waals surface area contributed by atoms with Gasteiger partial charge in [-0.3, -0.25) is 4.90 Å². The van der Waals surface area contributed by atoms with E-state index < -0.39 is 23.9 Å². The van der Waals surface area contributed by atoms with Crippen molar-refractivity contribution in [1.82, 2.24) is 9.80 Å². The van der Waals surface area contributed by atoms with Crippen LogP contribution in [-0.4, -0.2) is 94.4 Å². The summed E-state index contributed by atoms with van der Waals surface area (Å²) in [6, 6.07) is 13.3. The summed E-state index contributed by atoms with van der Waals surface area (Å²) in [6.45, 7) is 4.42. The summed E-state index contributed by atoms with van der Waals surface area (Å²) in [5.74, 6) is -4.27. The number of carboxylic acid groups (broad SMARTS) is 4. The molecule has 1 unspecified atom stereocenters. The van der Waals surface area contributed by atoms with E-state index in [9.17, 15) is 19.2 Å². The van der Waals surface area contributed by atoms with E-state index in [0.29, 0.717) is 35.4 Å². The Bertz CT molecular complexity index is 1240. The number of hydrogen-bond donors (Lipinski definition) is 4. The number of aliphatic carboxylic acids is 4. The van der Waals surface area contributed by atoms with E-state index in [1.807, 2.05) is 11.8 Å². The van der Waals surface area contributed by atoms with Gasteiger partial charge in [0.1, 0.15) is 5.75 Å². The summed E-state index contributed by atoms with van der Waals surface area (Å²) < 4.78 is 5.47. The maximum atomic E-state index is 9.55. The third-order valence-electron chi connectivity index (χ3n) is 5.96. The summed E-state index contributed by atoms with van der Waals surface area (Å²) in [5.41, 5.74) is 2.75. The molecule has 0 aliphatic carbocycles. The summed E-state index contributed by atoms with van der Waals surface area (Å²) in [7, 11) is 3.88. The normalized spacial score (nSPS) is 16.7. The predicted molar refractivity (Wildman–Crippen MR) is 153 cm³/mol. The largest absolute Gasteiger partial charge is 0.495 e. The van der Waals surface area contributed by atoms with Crippen LogP contribution < -0.4 is 4.74 Å². The molecule has 0 amide bonds. The van der Waals surface area contributed by atoms with Crippen molar-refractivity contribution in [3.8, 4) is 5.75 Å². The summed E-state index contributed by atoms with van der Waals surface area (Å²) >= 11 is 8.33. The highest BCUT2D eigenvalue weighted by Gasteiger charge is 2.30. The molecule has 2 aliphatic heterocycles. The lowest BCUT2D eigenvalue weighted by atomic mass is 9.96. The molecule has 2 heterocycles. The SMILES string of the molecule is COc1cc2c(cc1Cl)C(N1CCN(C)CC1)Cc1ccccc1S2.O=C(O)/C=C/C(=O)O.O=C(O)/C=C/C(=O)O. The Morgan fingerprint density at radius 2 is 1.37 bits per heavy atom. The second-order valence-corrected chi connectivity index (χ2v) is 10.3. The number of benzene rings is 2. The van der Waals surface area contributed by atoms with Gasteiger partial charge in [-0.2, -0.15) is 0 Å². The molecule has 0 aromatic heterocycles. The van der Waals surface area contributed by atoms with Crippen molar-refractivity contribution in [2.24, 2.45) is 0 Å². The summed E-state index contributed by atoms with van der Waals surface area (Å²) in [6.07, 6.45) is 3.26. The van der Waals surface area contributed by atoms with Crippen molar-refractivity contribution in [1.29, 1.82) is 0 Å². The number of nitrogens with zero attached hydrogens (tertiary/aromatic N) is 2. The number of halogens is 1. The number of rotatable bonds is 6. The van der Waals surface area contributed by atoms with Crippen LogP contribution >= 0.6 is 23.4 Å². The Morgan fingerprint density at radius 1 is 0.854 bits per heavy atom.